The van der Waals surface area contributed by atoms with Crippen molar-refractivity contribution in [2.24, 2.45) is 5.92 Å². The molecular formula is C19H34N6. The predicted molar refractivity (Wildman–Crippen MR) is 105 cm³/mol. The average Bonchev–Trinajstić information content (AvgIpc) is 2.47. The van der Waals surface area contributed by atoms with Crippen LogP contribution in [0.1, 0.15) is 60.3 Å². The summed E-state index contributed by atoms with van der Waals surface area (Å²) in [5.41, 5.74) is 7.32. The van der Waals surface area contributed by atoms with E-state index >= 15 is 0 Å². The molecule has 0 bridgehead atoms. The van der Waals surface area contributed by atoms with Crippen LogP contribution in [0.3, 0.4) is 0 Å². The fourth-order valence-corrected chi connectivity index (χ4v) is 4.59. The zero-order valence-electron chi connectivity index (χ0n) is 16.4. The zero-order chi connectivity index (χ0) is 18.2. The van der Waals surface area contributed by atoms with E-state index in [2.05, 4.69) is 60.1 Å². The van der Waals surface area contributed by atoms with Crippen molar-refractivity contribution >= 4 is 17.3 Å². The monoisotopic (exact) mass is 346 g/mol. The minimum absolute atomic E-state index is 0.0903. The lowest BCUT2D eigenvalue weighted by Gasteiger charge is -2.46. The molecule has 3 heterocycles. The van der Waals surface area contributed by atoms with Crippen LogP contribution < -0.4 is 21.3 Å². The number of aromatic nitrogens is 2. The lowest BCUT2D eigenvalue weighted by Crippen LogP contribution is -2.60. The summed E-state index contributed by atoms with van der Waals surface area (Å²) in [6.07, 6.45) is 6.11. The van der Waals surface area contributed by atoms with Gasteiger partial charge in [-0.2, -0.15) is 0 Å². The van der Waals surface area contributed by atoms with Crippen LogP contribution in [0, 0.1) is 5.92 Å². The molecule has 140 valence electrons. The summed E-state index contributed by atoms with van der Waals surface area (Å²) in [4.78, 5) is 11.2. The van der Waals surface area contributed by atoms with Gasteiger partial charge in [-0.3, -0.25) is 0 Å². The Morgan fingerprint density at radius 1 is 1.12 bits per heavy atom. The number of anilines is 3. The molecule has 1 aromatic heterocycles. The molecule has 0 radical (unpaired) electrons. The number of hydrogen-bond donors (Lipinski definition) is 3. The van der Waals surface area contributed by atoms with E-state index in [4.69, 9.17) is 5.73 Å². The molecular weight excluding hydrogens is 312 g/mol. The number of nitrogens with zero attached hydrogens (tertiary/aromatic N) is 3. The number of piperidine rings is 2. The molecule has 6 heteroatoms. The van der Waals surface area contributed by atoms with Gasteiger partial charge < -0.3 is 21.3 Å². The minimum atomic E-state index is 0.0903. The van der Waals surface area contributed by atoms with Crippen LogP contribution in [0.15, 0.2) is 6.33 Å². The molecule has 0 amide bonds. The molecule has 2 aliphatic heterocycles. The number of nitrogen functional groups attached to an aromatic ring is 1. The largest absolute Gasteiger partial charge is 0.393 e. The molecule has 25 heavy (non-hydrogen) atoms. The van der Waals surface area contributed by atoms with Crippen molar-refractivity contribution in [3.05, 3.63) is 6.33 Å². The molecule has 0 atom stereocenters. The van der Waals surface area contributed by atoms with Crippen LogP contribution in [-0.2, 0) is 0 Å². The summed E-state index contributed by atoms with van der Waals surface area (Å²) >= 11 is 0. The number of hydrogen-bond acceptors (Lipinski definition) is 6. The highest BCUT2D eigenvalue weighted by atomic mass is 15.2. The maximum absolute atomic E-state index is 6.46. The molecule has 0 spiro atoms. The first kappa shape index (κ1) is 18.2. The highest BCUT2D eigenvalue weighted by molar-refractivity contribution is 5.75. The first-order chi connectivity index (χ1) is 11.7. The Balaban J connectivity index is 1.76. The van der Waals surface area contributed by atoms with E-state index in [1.165, 1.54) is 12.8 Å². The van der Waals surface area contributed by atoms with E-state index < -0.39 is 0 Å². The topological polar surface area (TPSA) is 79.1 Å². The average molecular weight is 347 g/mol. The van der Waals surface area contributed by atoms with Crippen molar-refractivity contribution in [2.75, 3.05) is 29.0 Å². The standard InChI is InChI=1S/C19H34N6/c1-13-6-8-25(9-7-13)17-15(20)16(21-12-22-17)23-14-10-18(2,3)24-19(4,5)11-14/h12-14,24H,6-11,20H2,1-5H3,(H,21,22,23). The van der Waals surface area contributed by atoms with Gasteiger partial charge in [0.25, 0.3) is 0 Å². The lowest BCUT2D eigenvalue weighted by atomic mass is 9.79. The van der Waals surface area contributed by atoms with Crippen molar-refractivity contribution < 1.29 is 0 Å². The predicted octanol–water partition coefficient (Wildman–Crippen LogP) is 3.02. The summed E-state index contributed by atoms with van der Waals surface area (Å²) in [6, 6.07) is 0.345. The maximum Gasteiger partial charge on any atom is 0.157 e. The summed E-state index contributed by atoms with van der Waals surface area (Å²) in [5, 5.41) is 7.32. The molecule has 4 N–H and O–H groups in total. The smallest absolute Gasteiger partial charge is 0.157 e. The Labute approximate surface area is 152 Å². The van der Waals surface area contributed by atoms with E-state index in [0.717, 1.165) is 43.5 Å². The molecule has 2 aliphatic rings. The summed E-state index contributed by atoms with van der Waals surface area (Å²) in [6.45, 7) is 13.4. The van der Waals surface area contributed by atoms with E-state index in [9.17, 15) is 0 Å². The van der Waals surface area contributed by atoms with E-state index in [1.807, 2.05) is 0 Å². The molecule has 0 aromatic carbocycles. The van der Waals surface area contributed by atoms with Gasteiger partial charge in [0.05, 0.1) is 0 Å². The van der Waals surface area contributed by atoms with Gasteiger partial charge in [0, 0.05) is 30.2 Å². The van der Waals surface area contributed by atoms with Crippen LogP contribution in [0.25, 0.3) is 0 Å². The third-order valence-electron chi connectivity index (χ3n) is 5.48. The van der Waals surface area contributed by atoms with E-state index in [-0.39, 0.29) is 11.1 Å². The highest BCUT2D eigenvalue weighted by Gasteiger charge is 2.38. The van der Waals surface area contributed by atoms with Gasteiger partial charge in [-0.15, -0.1) is 0 Å². The summed E-state index contributed by atoms with van der Waals surface area (Å²) < 4.78 is 0. The molecule has 0 unspecified atom stereocenters. The second-order valence-corrected chi connectivity index (χ2v) is 9.27. The van der Waals surface area contributed by atoms with Gasteiger partial charge in [-0.05, 0) is 59.3 Å². The SMILES string of the molecule is CC1CCN(c2ncnc(NC3CC(C)(C)NC(C)(C)C3)c2N)CC1. The van der Waals surface area contributed by atoms with Gasteiger partial charge in [-0.25, -0.2) is 9.97 Å². The third kappa shape index (κ3) is 4.35. The number of nitrogens with two attached hydrogens (primary N) is 1. The summed E-state index contributed by atoms with van der Waals surface area (Å²) in [7, 11) is 0. The van der Waals surface area contributed by atoms with Gasteiger partial charge in [0.15, 0.2) is 11.6 Å². The van der Waals surface area contributed by atoms with E-state index in [1.54, 1.807) is 6.33 Å². The highest BCUT2D eigenvalue weighted by Crippen LogP contribution is 2.34. The van der Waals surface area contributed by atoms with Gasteiger partial charge in [-0.1, -0.05) is 6.92 Å². The molecule has 3 rings (SSSR count). The van der Waals surface area contributed by atoms with Crippen LogP contribution in [0.5, 0.6) is 0 Å². The Hall–Kier alpha value is -1.56. The number of nitrogens with one attached hydrogen (secondary N) is 2. The molecule has 2 fully saturated rings. The Kier molecular flexibility index (Phi) is 4.84. The van der Waals surface area contributed by atoms with Crippen LogP contribution in [-0.4, -0.2) is 40.2 Å². The van der Waals surface area contributed by atoms with Crippen LogP contribution >= 0.6 is 0 Å². The van der Waals surface area contributed by atoms with Gasteiger partial charge in [0.1, 0.15) is 12.0 Å². The third-order valence-corrected chi connectivity index (χ3v) is 5.48. The minimum Gasteiger partial charge on any atom is -0.393 e. The van der Waals surface area contributed by atoms with Crippen molar-refractivity contribution in [2.45, 2.75) is 77.4 Å². The maximum atomic E-state index is 6.46. The summed E-state index contributed by atoms with van der Waals surface area (Å²) in [5.74, 6) is 2.45. The molecule has 0 aliphatic carbocycles. The lowest BCUT2D eigenvalue weighted by molar-refractivity contribution is 0.170. The quantitative estimate of drug-likeness (QED) is 0.781. The normalized spacial score (nSPS) is 24.3. The Morgan fingerprint density at radius 3 is 2.32 bits per heavy atom. The fourth-order valence-electron chi connectivity index (χ4n) is 4.59. The second kappa shape index (κ2) is 6.63. The first-order valence-electron chi connectivity index (χ1n) is 9.56. The fraction of sp³-hybridized carbons (Fsp3) is 0.789. The zero-order valence-corrected chi connectivity index (χ0v) is 16.4. The van der Waals surface area contributed by atoms with Crippen molar-refractivity contribution in [3.63, 3.8) is 0 Å². The first-order valence-corrected chi connectivity index (χ1v) is 9.56. The Bertz CT molecular complexity index is 588. The van der Waals surface area contributed by atoms with Gasteiger partial charge in [0.2, 0.25) is 0 Å². The molecule has 0 saturated carbocycles. The van der Waals surface area contributed by atoms with Crippen molar-refractivity contribution in [3.8, 4) is 0 Å². The van der Waals surface area contributed by atoms with Gasteiger partial charge >= 0.3 is 0 Å². The van der Waals surface area contributed by atoms with Crippen molar-refractivity contribution in [1.82, 2.24) is 15.3 Å². The number of rotatable bonds is 3. The van der Waals surface area contributed by atoms with Crippen molar-refractivity contribution in [1.29, 1.82) is 0 Å². The Morgan fingerprint density at radius 2 is 1.72 bits per heavy atom. The molecule has 6 nitrogen and oxygen atoms in total. The molecule has 1 aromatic rings. The second-order valence-electron chi connectivity index (χ2n) is 9.27. The van der Waals surface area contributed by atoms with Crippen LogP contribution in [0.2, 0.25) is 0 Å². The van der Waals surface area contributed by atoms with Crippen LogP contribution in [0.4, 0.5) is 17.3 Å². The molecule has 2 saturated heterocycles. The van der Waals surface area contributed by atoms with E-state index in [0.29, 0.717) is 11.7 Å².